The normalized spacial score (nSPS) is 18.2. The summed E-state index contributed by atoms with van der Waals surface area (Å²) in [6, 6.07) is 5.51. The van der Waals surface area contributed by atoms with Crippen molar-refractivity contribution in [2.45, 2.75) is 31.6 Å². The van der Waals surface area contributed by atoms with Gasteiger partial charge in [0.2, 0.25) is 5.88 Å². The number of hydrogen-bond donors (Lipinski definition) is 0. The van der Waals surface area contributed by atoms with Gasteiger partial charge < -0.3 is 9.64 Å². The highest BCUT2D eigenvalue weighted by molar-refractivity contribution is 5.94. The topological polar surface area (TPSA) is 68.2 Å². The number of ether oxygens (including phenoxy) is 1. The van der Waals surface area contributed by atoms with Crippen molar-refractivity contribution in [3.05, 3.63) is 48.2 Å². The maximum Gasteiger partial charge on any atom is 0.253 e. The molecule has 3 heterocycles. The third-order valence-electron chi connectivity index (χ3n) is 4.95. The Balaban J connectivity index is 1.26. The van der Waals surface area contributed by atoms with Gasteiger partial charge >= 0.3 is 0 Å². The molecule has 0 unspecified atom stereocenters. The molecule has 1 aliphatic carbocycles. The second-order valence-electron chi connectivity index (χ2n) is 6.84. The van der Waals surface area contributed by atoms with E-state index in [1.807, 2.05) is 11.0 Å². The lowest BCUT2D eigenvalue weighted by Gasteiger charge is -2.31. The number of carbonyl (C=O) groups excluding carboxylic acids is 1. The third-order valence-corrected chi connectivity index (χ3v) is 4.95. The highest BCUT2D eigenvalue weighted by Crippen LogP contribution is 2.39. The highest BCUT2D eigenvalue weighted by atomic mass is 16.5. The molecule has 0 spiro atoms. The maximum atomic E-state index is 12.4. The van der Waals surface area contributed by atoms with E-state index in [-0.39, 0.29) is 5.91 Å². The Morgan fingerprint density at radius 2 is 1.88 bits per heavy atom. The predicted molar refractivity (Wildman–Crippen MR) is 92.4 cm³/mol. The standard InChI is InChI=1S/C19H22N4O2/c24-19(16-3-7-20-8-4-16)23-9-5-14(6-10-23)12-25-18-11-17(15-1-2-15)21-13-22-18/h3-4,7-8,11,13-15H,1-2,5-6,9-10,12H2. The third kappa shape index (κ3) is 3.95. The lowest BCUT2D eigenvalue weighted by Crippen LogP contribution is -2.39. The van der Waals surface area contributed by atoms with E-state index in [0.29, 0.717) is 29.9 Å². The van der Waals surface area contributed by atoms with Crippen molar-refractivity contribution in [3.8, 4) is 5.88 Å². The lowest BCUT2D eigenvalue weighted by molar-refractivity contribution is 0.0659. The molecule has 0 N–H and O–H groups in total. The average molecular weight is 338 g/mol. The molecule has 2 aliphatic rings. The van der Waals surface area contributed by atoms with Crippen LogP contribution in [0.4, 0.5) is 0 Å². The quantitative estimate of drug-likeness (QED) is 0.838. The number of aromatic nitrogens is 3. The number of carbonyl (C=O) groups is 1. The van der Waals surface area contributed by atoms with Crippen molar-refractivity contribution >= 4 is 5.91 Å². The number of rotatable bonds is 5. The molecule has 1 saturated carbocycles. The van der Waals surface area contributed by atoms with Crippen LogP contribution < -0.4 is 4.74 Å². The summed E-state index contributed by atoms with van der Waals surface area (Å²) in [6.07, 6.45) is 9.27. The molecular formula is C19H22N4O2. The zero-order valence-electron chi connectivity index (χ0n) is 14.2. The summed E-state index contributed by atoms with van der Waals surface area (Å²) in [6.45, 7) is 2.19. The summed E-state index contributed by atoms with van der Waals surface area (Å²) >= 11 is 0. The van der Waals surface area contributed by atoms with Gasteiger partial charge in [-0.1, -0.05) is 0 Å². The molecule has 2 fully saturated rings. The molecule has 0 bridgehead atoms. The number of piperidine rings is 1. The second-order valence-corrected chi connectivity index (χ2v) is 6.84. The summed E-state index contributed by atoms with van der Waals surface area (Å²) in [7, 11) is 0. The molecule has 6 nitrogen and oxygen atoms in total. The van der Waals surface area contributed by atoms with Crippen LogP contribution in [0.5, 0.6) is 5.88 Å². The Hall–Kier alpha value is -2.50. The molecule has 25 heavy (non-hydrogen) atoms. The minimum absolute atomic E-state index is 0.0895. The SMILES string of the molecule is O=C(c1ccncc1)N1CCC(COc2cc(C3CC3)ncn2)CC1. The van der Waals surface area contributed by atoms with E-state index in [2.05, 4.69) is 15.0 Å². The first-order valence-electron chi connectivity index (χ1n) is 8.93. The molecule has 1 saturated heterocycles. The van der Waals surface area contributed by atoms with E-state index in [1.165, 1.54) is 12.8 Å². The van der Waals surface area contributed by atoms with Crippen molar-refractivity contribution < 1.29 is 9.53 Å². The van der Waals surface area contributed by atoms with Crippen molar-refractivity contribution in [2.24, 2.45) is 5.92 Å². The molecule has 4 rings (SSSR count). The van der Waals surface area contributed by atoms with Crippen LogP contribution >= 0.6 is 0 Å². The van der Waals surface area contributed by atoms with Crippen LogP contribution in [0, 0.1) is 5.92 Å². The van der Waals surface area contributed by atoms with Gasteiger partial charge in [0.15, 0.2) is 0 Å². The minimum atomic E-state index is 0.0895. The molecule has 130 valence electrons. The van der Waals surface area contributed by atoms with Crippen LogP contribution in [0.1, 0.15) is 47.7 Å². The van der Waals surface area contributed by atoms with E-state index >= 15 is 0 Å². The smallest absolute Gasteiger partial charge is 0.253 e. The summed E-state index contributed by atoms with van der Waals surface area (Å²) in [4.78, 5) is 26.9. The predicted octanol–water partition coefficient (Wildman–Crippen LogP) is 2.68. The zero-order valence-corrected chi connectivity index (χ0v) is 14.2. The lowest BCUT2D eigenvalue weighted by atomic mass is 9.97. The fourth-order valence-corrected chi connectivity index (χ4v) is 3.22. The van der Waals surface area contributed by atoms with Gasteiger partial charge in [0.1, 0.15) is 6.33 Å². The van der Waals surface area contributed by atoms with Crippen molar-refractivity contribution in [1.29, 1.82) is 0 Å². The van der Waals surface area contributed by atoms with Crippen molar-refractivity contribution in [2.75, 3.05) is 19.7 Å². The van der Waals surface area contributed by atoms with Crippen LogP contribution in [-0.4, -0.2) is 45.5 Å². The average Bonchev–Trinajstić information content (AvgIpc) is 3.52. The molecular weight excluding hydrogens is 316 g/mol. The van der Waals surface area contributed by atoms with Gasteiger partial charge in [0, 0.05) is 43.0 Å². The molecule has 1 amide bonds. The van der Waals surface area contributed by atoms with Gasteiger partial charge in [-0.2, -0.15) is 0 Å². The number of nitrogens with zero attached hydrogens (tertiary/aromatic N) is 4. The van der Waals surface area contributed by atoms with Gasteiger partial charge in [0.25, 0.3) is 5.91 Å². The summed E-state index contributed by atoms with van der Waals surface area (Å²) in [5.41, 5.74) is 1.81. The van der Waals surface area contributed by atoms with E-state index in [9.17, 15) is 4.79 Å². The van der Waals surface area contributed by atoms with E-state index in [4.69, 9.17) is 4.74 Å². The minimum Gasteiger partial charge on any atom is -0.477 e. The number of hydrogen-bond acceptors (Lipinski definition) is 5. The molecule has 0 atom stereocenters. The van der Waals surface area contributed by atoms with Crippen LogP contribution in [0.2, 0.25) is 0 Å². The van der Waals surface area contributed by atoms with Crippen LogP contribution in [-0.2, 0) is 0 Å². The highest BCUT2D eigenvalue weighted by Gasteiger charge is 2.26. The monoisotopic (exact) mass is 338 g/mol. The van der Waals surface area contributed by atoms with E-state index < -0.39 is 0 Å². The Labute approximate surface area is 147 Å². The second kappa shape index (κ2) is 7.17. The molecule has 0 aromatic carbocycles. The molecule has 1 aliphatic heterocycles. The number of amides is 1. The maximum absolute atomic E-state index is 12.4. The van der Waals surface area contributed by atoms with Gasteiger partial charge in [-0.3, -0.25) is 9.78 Å². The van der Waals surface area contributed by atoms with Gasteiger partial charge in [-0.25, -0.2) is 9.97 Å². The van der Waals surface area contributed by atoms with E-state index in [0.717, 1.165) is 31.6 Å². The molecule has 2 aromatic heterocycles. The van der Waals surface area contributed by atoms with Gasteiger partial charge in [-0.05, 0) is 43.7 Å². The Bertz CT molecular complexity index is 725. The zero-order chi connectivity index (χ0) is 17.1. The van der Waals surface area contributed by atoms with Gasteiger partial charge in [-0.15, -0.1) is 0 Å². The fraction of sp³-hybridized carbons (Fsp3) is 0.474. The molecule has 0 radical (unpaired) electrons. The Morgan fingerprint density at radius 3 is 2.60 bits per heavy atom. The first kappa shape index (κ1) is 16.0. The fourth-order valence-electron chi connectivity index (χ4n) is 3.22. The first-order chi connectivity index (χ1) is 12.3. The van der Waals surface area contributed by atoms with Crippen molar-refractivity contribution in [1.82, 2.24) is 19.9 Å². The Morgan fingerprint density at radius 1 is 1.12 bits per heavy atom. The van der Waals surface area contributed by atoms with Gasteiger partial charge in [0.05, 0.1) is 12.3 Å². The number of pyridine rings is 1. The first-order valence-corrected chi connectivity index (χ1v) is 8.93. The number of likely N-dealkylation sites (tertiary alicyclic amines) is 1. The summed E-state index contributed by atoms with van der Waals surface area (Å²) < 4.78 is 5.88. The van der Waals surface area contributed by atoms with E-state index in [1.54, 1.807) is 30.9 Å². The van der Waals surface area contributed by atoms with Crippen LogP contribution in [0.25, 0.3) is 0 Å². The summed E-state index contributed by atoms with van der Waals surface area (Å²) in [5, 5.41) is 0. The Kier molecular flexibility index (Phi) is 4.59. The summed E-state index contributed by atoms with van der Waals surface area (Å²) in [5.74, 6) is 1.83. The molecule has 2 aromatic rings. The largest absolute Gasteiger partial charge is 0.477 e. The van der Waals surface area contributed by atoms with Crippen LogP contribution in [0.15, 0.2) is 36.9 Å². The van der Waals surface area contributed by atoms with Crippen molar-refractivity contribution in [3.63, 3.8) is 0 Å². The molecule has 6 heteroatoms. The van der Waals surface area contributed by atoms with Crippen LogP contribution in [0.3, 0.4) is 0 Å².